The second-order valence-electron chi connectivity index (χ2n) is 3.67. The van der Waals surface area contributed by atoms with Crippen LogP contribution in [0.15, 0.2) is 12.3 Å². The number of nitrogens with zero attached hydrogens (tertiary/aromatic N) is 1. The van der Waals surface area contributed by atoms with E-state index in [9.17, 15) is 13.2 Å². The van der Waals surface area contributed by atoms with Gasteiger partial charge < -0.3 is 4.74 Å². The number of alkyl halides is 3. The summed E-state index contributed by atoms with van der Waals surface area (Å²) in [5.41, 5.74) is -0.935. The summed E-state index contributed by atoms with van der Waals surface area (Å²) in [6.07, 6.45) is -4.79. The Labute approximate surface area is 107 Å². The Morgan fingerprint density at radius 1 is 1.33 bits per heavy atom. The van der Waals surface area contributed by atoms with Crippen LogP contribution in [0.4, 0.5) is 13.2 Å². The zero-order chi connectivity index (χ0) is 13.9. The summed E-state index contributed by atoms with van der Waals surface area (Å²) < 4.78 is 42.4. The van der Waals surface area contributed by atoms with E-state index in [0.717, 1.165) is 6.07 Å². The first-order valence-electron chi connectivity index (χ1n) is 5.00. The van der Waals surface area contributed by atoms with Crippen LogP contribution in [0.1, 0.15) is 19.4 Å². The van der Waals surface area contributed by atoms with Gasteiger partial charge in [0.05, 0.1) is 5.56 Å². The standard InChI is InChI=1S/C10H12ClF3N2O2/c1-5(6(2)18-15)17-9-8(11)3-7(4-16-9)10(12,13)14/h3-6H,15H2,1-2H3. The molecule has 0 saturated heterocycles. The fraction of sp³-hybridized carbons (Fsp3) is 0.500. The van der Waals surface area contributed by atoms with E-state index in [0.29, 0.717) is 6.20 Å². The molecule has 1 heterocycles. The lowest BCUT2D eigenvalue weighted by atomic mass is 10.2. The molecule has 2 unspecified atom stereocenters. The van der Waals surface area contributed by atoms with Gasteiger partial charge in [0, 0.05) is 6.20 Å². The van der Waals surface area contributed by atoms with Crippen molar-refractivity contribution in [2.24, 2.45) is 5.90 Å². The van der Waals surface area contributed by atoms with Crippen molar-refractivity contribution in [1.82, 2.24) is 4.98 Å². The third kappa shape index (κ3) is 3.72. The van der Waals surface area contributed by atoms with Gasteiger partial charge in [0.15, 0.2) is 0 Å². The molecule has 0 aliphatic heterocycles. The maximum absolute atomic E-state index is 12.4. The van der Waals surface area contributed by atoms with Crippen molar-refractivity contribution in [3.63, 3.8) is 0 Å². The van der Waals surface area contributed by atoms with Crippen molar-refractivity contribution >= 4 is 11.6 Å². The Bertz CT molecular complexity index is 415. The Morgan fingerprint density at radius 3 is 2.39 bits per heavy atom. The van der Waals surface area contributed by atoms with Gasteiger partial charge in [-0.2, -0.15) is 13.2 Å². The molecule has 2 atom stereocenters. The minimum Gasteiger partial charge on any atom is -0.471 e. The van der Waals surface area contributed by atoms with Crippen LogP contribution in [0.5, 0.6) is 5.88 Å². The molecule has 102 valence electrons. The second kappa shape index (κ2) is 5.73. The first-order chi connectivity index (χ1) is 8.25. The number of hydrogen-bond acceptors (Lipinski definition) is 4. The van der Waals surface area contributed by atoms with E-state index in [4.69, 9.17) is 22.2 Å². The Hall–Kier alpha value is -1.05. The van der Waals surface area contributed by atoms with Crippen molar-refractivity contribution in [3.8, 4) is 5.88 Å². The van der Waals surface area contributed by atoms with E-state index in [1.807, 2.05) is 0 Å². The van der Waals surface area contributed by atoms with E-state index < -0.39 is 23.9 Å². The highest BCUT2D eigenvalue weighted by molar-refractivity contribution is 6.31. The molecule has 8 heteroatoms. The molecule has 0 spiro atoms. The average Bonchev–Trinajstić information content (AvgIpc) is 2.29. The van der Waals surface area contributed by atoms with E-state index in [1.165, 1.54) is 0 Å². The van der Waals surface area contributed by atoms with Crippen molar-refractivity contribution in [3.05, 3.63) is 22.8 Å². The molecule has 0 aliphatic carbocycles. The minimum atomic E-state index is -4.49. The number of hydrogen-bond donors (Lipinski definition) is 1. The Kier molecular flexibility index (Phi) is 4.78. The van der Waals surface area contributed by atoms with Gasteiger partial charge in [0.2, 0.25) is 5.88 Å². The molecular formula is C10H12ClF3N2O2. The number of nitrogens with two attached hydrogens (primary N) is 1. The molecule has 1 aromatic rings. The fourth-order valence-electron chi connectivity index (χ4n) is 1.05. The van der Waals surface area contributed by atoms with Crippen molar-refractivity contribution in [2.75, 3.05) is 0 Å². The first-order valence-corrected chi connectivity index (χ1v) is 5.38. The first kappa shape index (κ1) is 15.0. The summed E-state index contributed by atoms with van der Waals surface area (Å²) in [7, 11) is 0. The summed E-state index contributed by atoms with van der Waals surface area (Å²) in [6.45, 7) is 3.27. The lowest BCUT2D eigenvalue weighted by molar-refractivity contribution is -0.137. The fourth-order valence-corrected chi connectivity index (χ4v) is 1.26. The number of ether oxygens (including phenoxy) is 1. The molecular weight excluding hydrogens is 273 g/mol. The van der Waals surface area contributed by atoms with E-state index in [2.05, 4.69) is 9.82 Å². The molecule has 4 nitrogen and oxygen atoms in total. The van der Waals surface area contributed by atoms with Gasteiger partial charge >= 0.3 is 6.18 Å². The van der Waals surface area contributed by atoms with E-state index in [1.54, 1.807) is 13.8 Å². The van der Waals surface area contributed by atoms with Crippen LogP contribution >= 0.6 is 11.6 Å². The Morgan fingerprint density at radius 2 is 1.94 bits per heavy atom. The number of pyridine rings is 1. The molecule has 0 radical (unpaired) electrons. The lowest BCUT2D eigenvalue weighted by Gasteiger charge is -2.19. The van der Waals surface area contributed by atoms with Gasteiger partial charge in [0.25, 0.3) is 0 Å². The van der Waals surface area contributed by atoms with Crippen LogP contribution < -0.4 is 10.6 Å². The summed E-state index contributed by atoms with van der Waals surface area (Å²) in [5.74, 6) is 4.87. The molecule has 0 fully saturated rings. The zero-order valence-corrected chi connectivity index (χ0v) is 10.4. The smallest absolute Gasteiger partial charge is 0.417 e. The predicted molar refractivity (Wildman–Crippen MR) is 59.1 cm³/mol. The van der Waals surface area contributed by atoms with Crippen molar-refractivity contribution < 1.29 is 22.7 Å². The molecule has 1 aromatic heterocycles. The van der Waals surface area contributed by atoms with E-state index in [-0.39, 0.29) is 10.9 Å². The normalized spacial score (nSPS) is 15.3. The van der Waals surface area contributed by atoms with Crippen LogP contribution in [-0.4, -0.2) is 17.2 Å². The third-order valence-corrected chi connectivity index (χ3v) is 2.58. The topological polar surface area (TPSA) is 57.4 Å². The van der Waals surface area contributed by atoms with Crippen molar-refractivity contribution in [1.29, 1.82) is 0 Å². The SMILES string of the molecule is CC(ON)C(C)Oc1ncc(C(F)(F)F)cc1Cl. The minimum absolute atomic E-state index is 0.0962. The number of rotatable bonds is 4. The maximum atomic E-state index is 12.4. The summed E-state index contributed by atoms with van der Waals surface area (Å²) in [5, 5.41) is -0.221. The number of halogens is 4. The van der Waals surface area contributed by atoms with Gasteiger partial charge in [-0.25, -0.2) is 10.9 Å². The second-order valence-corrected chi connectivity index (χ2v) is 4.08. The molecule has 0 aliphatic rings. The molecule has 0 saturated carbocycles. The van der Waals surface area contributed by atoms with Crippen LogP contribution in [0.2, 0.25) is 5.02 Å². The highest BCUT2D eigenvalue weighted by Gasteiger charge is 2.32. The number of aromatic nitrogens is 1. The summed E-state index contributed by atoms with van der Waals surface area (Å²) in [4.78, 5) is 8.06. The highest BCUT2D eigenvalue weighted by Crippen LogP contribution is 2.33. The predicted octanol–water partition coefficient (Wildman–Crippen LogP) is 2.80. The van der Waals surface area contributed by atoms with Gasteiger partial charge in [-0.1, -0.05) is 11.6 Å². The van der Waals surface area contributed by atoms with Crippen LogP contribution in [0.3, 0.4) is 0 Å². The van der Waals surface area contributed by atoms with Crippen LogP contribution in [0, 0.1) is 0 Å². The van der Waals surface area contributed by atoms with Gasteiger partial charge in [-0.15, -0.1) is 0 Å². The summed E-state index contributed by atoms with van der Waals surface area (Å²) in [6, 6.07) is 0.755. The quantitative estimate of drug-likeness (QED) is 0.864. The molecule has 0 aromatic carbocycles. The molecule has 1 rings (SSSR count). The average molecular weight is 285 g/mol. The van der Waals surface area contributed by atoms with Gasteiger partial charge in [0.1, 0.15) is 17.2 Å². The third-order valence-electron chi connectivity index (χ3n) is 2.31. The largest absolute Gasteiger partial charge is 0.471 e. The molecule has 0 amide bonds. The van der Waals surface area contributed by atoms with E-state index >= 15 is 0 Å². The van der Waals surface area contributed by atoms with Crippen LogP contribution in [-0.2, 0) is 11.0 Å². The van der Waals surface area contributed by atoms with Gasteiger partial charge in [-0.05, 0) is 19.9 Å². The molecule has 2 N–H and O–H groups in total. The zero-order valence-electron chi connectivity index (χ0n) is 9.66. The Balaban J connectivity index is 2.87. The molecule has 0 bridgehead atoms. The monoisotopic (exact) mass is 284 g/mol. The highest BCUT2D eigenvalue weighted by atomic mass is 35.5. The van der Waals surface area contributed by atoms with Gasteiger partial charge in [-0.3, -0.25) is 4.84 Å². The lowest BCUT2D eigenvalue weighted by Crippen LogP contribution is -2.31. The molecule has 18 heavy (non-hydrogen) atoms. The van der Waals surface area contributed by atoms with Crippen LogP contribution in [0.25, 0.3) is 0 Å². The maximum Gasteiger partial charge on any atom is 0.417 e. The van der Waals surface area contributed by atoms with Crippen molar-refractivity contribution in [2.45, 2.75) is 32.2 Å². The summed E-state index contributed by atoms with van der Waals surface area (Å²) >= 11 is 5.67.